The van der Waals surface area contributed by atoms with Crippen molar-refractivity contribution in [2.24, 2.45) is 5.16 Å². The van der Waals surface area contributed by atoms with Crippen molar-refractivity contribution < 1.29 is 18.3 Å². The molecule has 2 unspecified atom stereocenters. The molecule has 7 heteroatoms. The second-order valence-corrected chi connectivity index (χ2v) is 7.48. The van der Waals surface area contributed by atoms with E-state index in [1.54, 1.807) is 18.2 Å². The predicted molar refractivity (Wildman–Crippen MR) is 77.8 cm³/mol. The Bertz CT molecular complexity index is 633. The maximum Gasteiger partial charge on any atom is 0.179 e. The Balaban J connectivity index is 1.81. The molecular formula is C14H18N2O4S. The van der Waals surface area contributed by atoms with E-state index in [2.05, 4.69) is 5.16 Å². The average molecular weight is 310 g/mol. The minimum atomic E-state index is -3.53. The fourth-order valence-corrected chi connectivity index (χ4v) is 4.40. The molecule has 2 atom stereocenters. The highest BCUT2D eigenvalue weighted by molar-refractivity contribution is 7.95. The Morgan fingerprint density at radius 3 is 3.00 bits per heavy atom. The van der Waals surface area contributed by atoms with Crippen LogP contribution < -0.4 is 4.74 Å². The Labute approximate surface area is 125 Å². The average Bonchev–Trinajstić information content (AvgIpc) is 3.06. The highest BCUT2D eigenvalue weighted by atomic mass is 32.3. The summed E-state index contributed by atoms with van der Waals surface area (Å²) in [6.45, 7) is 2.68. The Kier molecular flexibility index (Phi) is 3.51. The minimum Gasteiger partial charge on any atom is -0.593 e. The van der Waals surface area contributed by atoms with Crippen molar-refractivity contribution in [3.63, 3.8) is 0 Å². The van der Waals surface area contributed by atoms with Gasteiger partial charge >= 0.3 is 0 Å². The van der Waals surface area contributed by atoms with E-state index in [0.29, 0.717) is 31.7 Å². The SMILES string of the molecule is COc1cccc([S+](=O)([O-])N2CCC3(CC(C)=NO3)C2)c1. The van der Waals surface area contributed by atoms with E-state index < -0.39 is 16.0 Å². The molecule has 6 nitrogen and oxygen atoms in total. The predicted octanol–water partition coefficient (Wildman–Crippen LogP) is 1.84. The summed E-state index contributed by atoms with van der Waals surface area (Å²) < 4.78 is 32.0. The van der Waals surface area contributed by atoms with Gasteiger partial charge in [0.1, 0.15) is 5.75 Å². The first kappa shape index (κ1) is 14.5. The van der Waals surface area contributed by atoms with Gasteiger partial charge < -0.3 is 14.1 Å². The van der Waals surface area contributed by atoms with Crippen LogP contribution in [-0.4, -0.2) is 40.4 Å². The van der Waals surface area contributed by atoms with E-state index in [1.165, 1.54) is 17.5 Å². The van der Waals surface area contributed by atoms with Gasteiger partial charge in [0.05, 0.1) is 19.4 Å². The van der Waals surface area contributed by atoms with Gasteiger partial charge in [0.25, 0.3) is 0 Å². The van der Waals surface area contributed by atoms with Crippen LogP contribution in [-0.2, 0) is 19.4 Å². The third-order valence-electron chi connectivity index (χ3n) is 3.93. The number of hydrogen-bond donors (Lipinski definition) is 0. The van der Waals surface area contributed by atoms with Crippen LogP contribution in [0.4, 0.5) is 0 Å². The molecule has 2 heterocycles. The standard InChI is InChI=1S/C14H18N2O4S/c1-11-9-14(20-15-11)6-7-16(10-14)21(17,18)13-5-3-4-12(8-13)19-2/h3-5,8H,6-7,9-10H2,1-2H3. The third kappa shape index (κ3) is 2.56. The number of rotatable bonds is 3. The summed E-state index contributed by atoms with van der Waals surface area (Å²) in [4.78, 5) is 5.72. The van der Waals surface area contributed by atoms with Gasteiger partial charge in [0, 0.05) is 25.5 Å². The van der Waals surface area contributed by atoms with E-state index in [1.807, 2.05) is 6.92 Å². The number of nitrogens with zero attached hydrogens (tertiary/aromatic N) is 2. The summed E-state index contributed by atoms with van der Waals surface area (Å²) >= 11 is 0. The van der Waals surface area contributed by atoms with Crippen molar-refractivity contribution in [3.05, 3.63) is 24.3 Å². The Hall–Kier alpha value is -1.44. The van der Waals surface area contributed by atoms with Crippen LogP contribution in [0, 0.1) is 0 Å². The molecule has 0 N–H and O–H groups in total. The molecule has 1 aromatic carbocycles. The van der Waals surface area contributed by atoms with Crippen molar-refractivity contribution in [1.29, 1.82) is 0 Å². The zero-order valence-electron chi connectivity index (χ0n) is 12.1. The van der Waals surface area contributed by atoms with Gasteiger partial charge in [-0.05, 0) is 19.1 Å². The molecule has 1 spiro atoms. The number of benzene rings is 1. The summed E-state index contributed by atoms with van der Waals surface area (Å²) in [5, 5.41) is 3.96. The molecule has 3 rings (SSSR count). The zero-order valence-corrected chi connectivity index (χ0v) is 12.9. The molecule has 0 radical (unpaired) electrons. The second-order valence-electron chi connectivity index (χ2n) is 5.55. The van der Waals surface area contributed by atoms with E-state index in [0.717, 1.165) is 5.71 Å². The van der Waals surface area contributed by atoms with Crippen LogP contribution in [0.25, 0.3) is 0 Å². The molecule has 0 bridgehead atoms. The highest BCUT2D eigenvalue weighted by Crippen LogP contribution is 2.38. The lowest BCUT2D eigenvalue weighted by atomic mass is 9.97. The molecule has 0 aromatic heterocycles. The van der Waals surface area contributed by atoms with Crippen molar-refractivity contribution >= 4 is 16.1 Å². The van der Waals surface area contributed by atoms with Gasteiger partial charge in [-0.1, -0.05) is 15.4 Å². The van der Waals surface area contributed by atoms with Gasteiger partial charge in [0.2, 0.25) is 0 Å². The largest absolute Gasteiger partial charge is 0.593 e. The van der Waals surface area contributed by atoms with Gasteiger partial charge in [-0.3, -0.25) is 0 Å². The molecule has 1 saturated heterocycles. The number of ether oxygens (including phenoxy) is 1. The fraction of sp³-hybridized carbons (Fsp3) is 0.500. The number of methoxy groups -OCH3 is 1. The molecule has 21 heavy (non-hydrogen) atoms. The van der Waals surface area contributed by atoms with Crippen LogP contribution in [0.1, 0.15) is 19.8 Å². The van der Waals surface area contributed by atoms with E-state index in [4.69, 9.17) is 9.57 Å². The Morgan fingerprint density at radius 1 is 1.52 bits per heavy atom. The third-order valence-corrected chi connectivity index (χ3v) is 5.77. The van der Waals surface area contributed by atoms with Crippen LogP contribution in [0.2, 0.25) is 0 Å². The molecule has 2 aliphatic rings. The van der Waals surface area contributed by atoms with Crippen molar-refractivity contribution in [1.82, 2.24) is 4.31 Å². The zero-order chi connectivity index (χ0) is 15.1. The van der Waals surface area contributed by atoms with Crippen LogP contribution in [0.15, 0.2) is 34.3 Å². The van der Waals surface area contributed by atoms with Crippen LogP contribution in [0.3, 0.4) is 0 Å². The lowest BCUT2D eigenvalue weighted by molar-refractivity contribution is -0.00604. The van der Waals surface area contributed by atoms with Gasteiger partial charge in [0.15, 0.2) is 20.9 Å². The normalized spacial score (nSPS) is 28.2. The van der Waals surface area contributed by atoms with Crippen molar-refractivity contribution in [2.75, 3.05) is 20.2 Å². The topological polar surface area (TPSA) is 74.2 Å². The van der Waals surface area contributed by atoms with E-state index in [-0.39, 0.29) is 4.90 Å². The minimum absolute atomic E-state index is 0.245. The first-order valence-electron chi connectivity index (χ1n) is 6.81. The first-order valence-corrected chi connectivity index (χ1v) is 8.25. The van der Waals surface area contributed by atoms with Gasteiger partial charge in [-0.2, -0.15) is 0 Å². The fourth-order valence-electron chi connectivity index (χ4n) is 2.85. The van der Waals surface area contributed by atoms with E-state index in [9.17, 15) is 8.76 Å². The van der Waals surface area contributed by atoms with Crippen molar-refractivity contribution in [2.45, 2.75) is 30.3 Å². The summed E-state index contributed by atoms with van der Waals surface area (Å²) in [6, 6.07) is 6.52. The van der Waals surface area contributed by atoms with Crippen LogP contribution in [0.5, 0.6) is 5.75 Å². The van der Waals surface area contributed by atoms with Gasteiger partial charge in [-0.25, -0.2) is 0 Å². The maximum atomic E-state index is 12.7. The smallest absolute Gasteiger partial charge is 0.179 e. The van der Waals surface area contributed by atoms with E-state index >= 15 is 0 Å². The van der Waals surface area contributed by atoms with Gasteiger partial charge in [-0.15, -0.1) is 4.31 Å². The molecule has 0 aliphatic carbocycles. The highest BCUT2D eigenvalue weighted by Gasteiger charge is 2.50. The van der Waals surface area contributed by atoms with Crippen molar-refractivity contribution in [3.8, 4) is 5.75 Å². The maximum absolute atomic E-state index is 12.7. The molecule has 0 saturated carbocycles. The monoisotopic (exact) mass is 310 g/mol. The number of oxime groups is 1. The molecule has 2 aliphatic heterocycles. The Morgan fingerprint density at radius 2 is 2.33 bits per heavy atom. The summed E-state index contributed by atoms with van der Waals surface area (Å²) in [5.74, 6) is 0.529. The number of hydrogen-bond acceptors (Lipinski definition) is 5. The molecule has 1 fully saturated rings. The quantitative estimate of drug-likeness (QED) is 0.798. The molecule has 114 valence electrons. The lowest BCUT2D eigenvalue weighted by Crippen LogP contribution is -2.39. The molecular weight excluding hydrogens is 292 g/mol. The number of sulfonamides is 1. The second kappa shape index (κ2) is 5.08. The molecule has 1 aromatic rings. The van der Waals surface area contributed by atoms with Crippen LogP contribution >= 0.6 is 0 Å². The summed E-state index contributed by atoms with van der Waals surface area (Å²) in [7, 11) is -2.01. The molecule has 0 amide bonds. The first-order chi connectivity index (χ1) is 9.95. The summed E-state index contributed by atoms with van der Waals surface area (Å²) in [5.41, 5.74) is 0.436. The summed E-state index contributed by atoms with van der Waals surface area (Å²) in [6.07, 6.45) is 1.36. The lowest BCUT2D eigenvalue weighted by Gasteiger charge is -2.25.